The molecule has 0 aliphatic carbocycles. The first-order chi connectivity index (χ1) is 9.24. The summed E-state index contributed by atoms with van der Waals surface area (Å²) in [4.78, 5) is 19.2. The first-order valence-corrected chi connectivity index (χ1v) is 5.55. The summed E-state index contributed by atoms with van der Waals surface area (Å²) >= 11 is 0. The van der Waals surface area contributed by atoms with Gasteiger partial charge in [-0.3, -0.25) is 5.43 Å². The summed E-state index contributed by atoms with van der Waals surface area (Å²) in [6.07, 6.45) is 3.09. The highest BCUT2D eigenvalue weighted by atomic mass is 19.1. The predicted molar refractivity (Wildman–Crippen MR) is 67.4 cm³/mol. The highest BCUT2D eigenvalue weighted by molar-refractivity contribution is 5.74. The van der Waals surface area contributed by atoms with Crippen molar-refractivity contribution in [2.75, 3.05) is 5.43 Å². The number of benzene rings is 1. The largest absolute Gasteiger partial charge is 0.333 e. The summed E-state index contributed by atoms with van der Waals surface area (Å²) in [7, 11) is 0. The molecule has 1 aromatic heterocycles. The molecule has 0 aliphatic rings. The molecule has 0 radical (unpaired) electrons. The van der Waals surface area contributed by atoms with Crippen molar-refractivity contribution in [2.45, 2.75) is 6.54 Å². The molecule has 0 unspecified atom stereocenters. The smallest absolute Gasteiger partial charge is 0.333 e. The van der Waals surface area contributed by atoms with Gasteiger partial charge in [-0.05, 0) is 23.8 Å². The number of carbonyl (C=O) groups is 1. The van der Waals surface area contributed by atoms with Crippen LogP contribution in [0.4, 0.5) is 15.1 Å². The van der Waals surface area contributed by atoms with E-state index in [1.54, 1.807) is 30.6 Å². The van der Waals surface area contributed by atoms with Crippen molar-refractivity contribution >= 4 is 12.0 Å². The second kappa shape index (κ2) is 6.29. The molecule has 7 heteroatoms. The maximum absolute atomic E-state index is 12.9. The predicted octanol–water partition coefficient (Wildman–Crippen LogP) is 1.44. The topological polar surface area (TPSA) is 78.9 Å². The Morgan fingerprint density at radius 1 is 1.21 bits per heavy atom. The Bertz CT molecular complexity index is 549. The van der Waals surface area contributed by atoms with Gasteiger partial charge >= 0.3 is 6.03 Å². The Labute approximate surface area is 109 Å². The third kappa shape index (κ3) is 4.23. The number of hydrazine groups is 1. The second-order valence-electron chi connectivity index (χ2n) is 3.63. The summed E-state index contributed by atoms with van der Waals surface area (Å²) < 4.78 is 12.9. The van der Waals surface area contributed by atoms with Gasteiger partial charge in [0.2, 0.25) is 5.95 Å². The minimum absolute atomic E-state index is 0.223. The molecule has 3 N–H and O–H groups in total. The van der Waals surface area contributed by atoms with Gasteiger partial charge in [-0.15, -0.1) is 0 Å². The molecule has 19 heavy (non-hydrogen) atoms. The number of rotatable bonds is 4. The van der Waals surface area contributed by atoms with Gasteiger partial charge in [0.1, 0.15) is 5.82 Å². The normalized spacial score (nSPS) is 9.74. The maximum atomic E-state index is 12.9. The molecule has 1 heterocycles. The minimum atomic E-state index is -0.461. The Balaban J connectivity index is 1.76. The van der Waals surface area contributed by atoms with Crippen molar-refractivity contribution in [3.8, 4) is 0 Å². The van der Waals surface area contributed by atoms with E-state index < -0.39 is 6.03 Å². The lowest BCUT2D eigenvalue weighted by atomic mass is 10.2. The van der Waals surface area contributed by atoms with Gasteiger partial charge in [-0.25, -0.2) is 24.6 Å². The van der Waals surface area contributed by atoms with Crippen LogP contribution in [0.1, 0.15) is 5.56 Å². The molecule has 0 saturated heterocycles. The molecule has 98 valence electrons. The molecule has 0 bridgehead atoms. The van der Waals surface area contributed by atoms with Gasteiger partial charge in [-0.1, -0.05) is 12.1 Å². The quantitative estimate of drug-likeness (QED) is 0.728. The number of halogens is 1. The first kappa shape index (κ1) is 12.7. The van der Waals surface area contributed by atoms with Crippen LogP contribution in [0.5, 0.6) is 0 Å². The van der Waals surface area contributed by atoms with Crippen molar-refractivity contribution < 1.29 is 9.18 Å². The molecule has 0 spiro atoms. The minimum Gasteiger partial charge on any atom is -0.333 e. The van der Waals surface area contributed by atoms with Gasteiger partial charge < -0.3 is 5.32 Å². The van der Waals surface area contributed by atoms with Crippen molar-refractivity contribution in [3.05, 3.63) is 54.1 Å². The monoisotopic (exact) mass is 261 g/mol. The van der Waals surface area contributed by atoms with Crippen LogP contribution in [0.2, 0.25) is 0 Å². The molecule has 0 atom stereocenters. The molecule has 2 aromatic rings. The fraction of sp³-hybridized carbons (Fsp3) is 0.0833. The van der Waals surface area contributed by atoms with Gasteiger partial charge in [0, 0.05) is 18.9 Å². The van der Waals surface area contributed by atoms with Crippen molar-refractivity contribution in [3.63, 3.8) is 0 Å². The lowest BCUT2D eigenvalue weighted by Gasteiger charge is -2.08. The zero-order chi connectivity index (χ0) is 13.5. The summed E-state index contributed by atoms with van der Waals surface area (Å²) in [6, 6.07) is 7.20. The number of anilines is 1. The molecule has 2 amide bonds. The van der Waals surface area contributed by atoms with Crippen molar-refractivity contribution in [1.29, 1.82) is 0 Å². The second-order valence-corrected chi connectivity index (χ2v) is 3.63. The molecule has 0 saturated carbocycles. The highest BCUT2D eigenvalue weighted by Crippen LogP contribution is 2.02. The number of hydrogen-bond acceptors (Lipinski definition) is 4. The van der Waals surface area contributed by atoms with E-state index in [1.165, 1.54) is 12.1 Å². The van der Waals surface area contributed by atoms with Gasteiger partial charge in [0.05, 0.1) is 0 Å². The van der Waals surface area contributed by atoms with Crippen LogP contribution in [0, 0.1) is 5.82 Å². The number of nitrogens with one attached hydrogen (secondary N) is 3. The van der Waals surface area contributed by atoms with Crippen LogP contribution >= 0.6 is 0 Å². The van der Waals surface area contributed by atoms with Crippen LogP contribution in [0.3, 0.4) is 0 Å². The average Bonchev–Trinajstić information content (AvgIpc) is 2.44. The summed E-state index contributed by atoms with van der Waals surface area (Å²) in [5.74, 6) is -0.0566. The Morgan fingerprint density at radius 3 is 2.74 bits per heavy atom. The molecular formula is C12H12FN5O. The zero-order valence-corrected chi connectivity index (χ0v) is 9.93. The summed E-state index contributed by atoms with van der Waals surface area (Å²) in [5, 5.41) is 2.56. The number of urea groups is 1. The van der Waals surface area contributed by atoms with E-state index in [4.69, 9.17) is 0 Å². The van der Waals surface area contributed by atoms with E-state index in [0.717, 1.165) is 0 Å². The molecular weight excluding hydrogens is 249 g/mol. The Morgan fingerprint density at radius 2 is 2.00 bits per heavy atom. The molecule has 2 rings (SSSR count). The van der Waals surface area contributed by atoms with E-state index in [2.05, 4.69) is 26.1 Å². The fourth-order valence-corrected chi connectivity index (χ4v) is 1.35. The lowest BCUT2D eigenvalue weighted by molar-refractivity contribution is 0.242. The lowest BCUT2D eigenvalue weighted by Crippen LogP contribution is -2.39. The van der Waals surface area contributed by atoms with Gasteiger partial charge in [-0.2, -0.15) is 0 Å². The summed E-state index contributed by atoms with van der Waals surface area (Å²) in [6.45, 7) is 0.223. The van der Waals surface area contributed by atoms with Gasteiger partial charge in [0.15, 0.2) is 0 Å². The van der Waals surface area contributed by atoms with Crippen molar-refractivity contribution in [2.24, 2.45) is 0 Å². The van der Waals surface area contributed by atoms with Crippen LogP contribution in [-0.2, 0) is 6.54 Å². The number of aromatic nitrogens is 2. The van der Waals surface area contributed by atoms with Crippen LogP contribution < -0.4 is 16.2 Å². The maximum Gasteiger partial charge on any atom is 0.333 e. The number of hydrogen-bond donors (Lipinski definition) is 3. The first-order valence-electron chi connectivity index (χ1n) is 5.55. The van der Waals surface area contributed by atoms with Crippen molar-refractivity contribution in [1.82, 2.24) is 20.7 Å². The summed E-state index contributed by atoms with van der Waals surface area (Å²) in [5.41, 5.74) is 5.57. The molecule has 0 fully saturated rings. The van der Waals surface area contributed by atoms with Gasteiger partial charge in [0.25, 0.3) is 0 Å². The van der Waals surface area contributed by atoms with Crippen LogP contribution in [0.15, 0.2) is 42.7 Å². The Kier molecular flexibility index (Phi) is 4.22. The Hall–Kier alpha value is -2.70. The number of amides is 2. The number of carbonyl (C=O) groups excluding carboxylic acids is 1. The zero-order valence-electron chi connectivity index (χ0n) is 9.93. The third-order valence-corrected chi connectivity index (χ3v) is 2.20. The fourth-order valence-electron chi connectivity index (χ4n) is 1.35. The molecule has 6 nitrogen and oxygen atoms in total. The van der Waals surface area contributed by atoms with Crippen LogP contribution in [0.25, 0.3) is 0 Å². The van der Waals surface area contributed by atoms with Crippen LogP contribution in [-0.4, -0.2) is 16.0 Å². The highest BCUT2D eigenvalue weighted by Gasteiger charge is 2.01. The average molecular weight is 261 g/mol. The third-order valence-electron chi connectivity index (χ3n) is 2.20. The molecule has 1 aromatic carbocycles. The van der Waals surface area contributed by atoms with E-state index in [-0.39, 0.29) is 18.3 Å². The van der Waals surface area contributed by atoms with E-state index in [0.29, 0.717) is 5.56 Å². The van der Waals surface area contributed by atoms with E-state index >= 15 is 0 Å². The van der Waals surface area contributed by atoms with E-state index in [1.807, 2.05) is 0 Å². The molecule has 0 aliphatic heterocycles. The number of nitrogens with zero attached hydrogens (tertiary/aromatic N) is 2. The standard InChI is InChI=1S/C12H12FN5O/c13-10-4-1-3-9(7-10)8-16-12(19)18-17-11-14-5-2-6-15-11/h1-7H,8H2,(H,14,15,17)(H2,16,18,19). The van der Waals surface area contributed by atoms with E-state index in [9.17, 15) is 9.18 Å². The SMILES string of the molecule is O=C(NCc1cccc(F)c1)NNc1ncccn1.